The Morgan fingerprint density at radius 3 is 2.45 bits per heavy atom. The van der Waals surface area contributed by atoms with Crippen LogP contribution in [0.5, 0.6) is 0 Å². The third-order valence-electron chi connectivity index (χ3n) is 4.07. The van der Waals surface area contributed by atoms with E-state index in [4.69, 9.17) is 5.11 Å². The van der Waals surface area contributed by atoms with Gasteiger partial charge in [-0.25, -0.2) is 0 Å². The first-order valence-electron chi connectivity index (χ1n) is 7.64. The number of likely N-dealkylation sites (N-methyl/N-ethyl adjacent to an activating group) is 1. The molecular formula is C16H27N3O. The summed E-state index contributed by atoms with van der Waals surface area (Å²) in [6, 6.07) is 9.16. The zero-order chi connectivity index (χ0) is 14.4. The Hall–Kier alpha value is -1.26. The summed E-state index contributed by atoms with van der Waals surface area (Å²) in [5, 5.41) is 12.7. The number of aliphatic hydroxyl groups is 1. The van der Waals surface area contributed by atoms with Gasteiger partial charge in [0.25, 0.3) is 0 Å². The summed E-state index contributed by atoms with van der Waals surface area (Å²) in [7, 11) is 2.19. The lowest BCUT2D eigenvalue weighted by Gasteiger charge is -2.30. The average molecular weight is 277 g/mol. The highest BCUT2D eigenvalue weighted by Crippen LogP contribution is 2.20. The second kappa shape index (κ2) is 7.50. The van der Waals surface area contributed by atoms with Crippen molar-refractivity contribution in [2.75, 3.05) is 50.1 Å². The number of nitrogens with one attached hydrogen (secondary N) is 1. The predicted molar refractivity (Wildman–Crippen MR) is 85.6 cm³/mol. The molecule has 1 aliphatic heterocycles. The van der Waals surface area contributed by atoms with E-state index in [9.17, 15) is 0 Å². The van der Waals surface area contributed by atoms with E-state index < -0.39 is 0 Å². The van der Waals surface area contributed by atoms with Gasteiger partial charge in [0.05, 0.1) is 6.61 Å². The lowest BCUT2D eigenvalue weighted by molar-refractivity contribution is 0.264. The summed E-state index contributed by atoms with van der Waals surface area (Å²) in [6.07, 6.45) is 2.42. The molecule has 0 amide bonds. The number of benzene rings is 1. The van der Waals surface area contributed by atoms with E-state index in [-0.39, 0.29) is 6.61 Å². The van der Waals surface area contributed by atoms with Crippen molar-refractivity contribution in [1.82, 2.24) is 4.90 Å². The second-order valence-corrected chi connectivity index (χ2v) is 5.57. The van der Waals surface area contributed by atoms with Gasteiger partial charge in [-0.3, -0.25) is 0 Å². The van der Waals surface area contributed by atoms with Gasteiger partial charge < -0.3 is 20.2 Å². The number of hydrogen-bond donors (Lipinski definition) is 2. The van der Waals surface area contributed by atoms with Crippen LogP contribution < -0.4 is 10.2 Å². The summed E-state index contributed by atoms with van der Waals surface area (Å²) in [5.74, 6) is 0. The third-order valence-corrected chi connectivity index (χ3v) is 4.07. The Kier molecular flexibility index (Phi) is 5.68. The van der Waals surface area contributed by atoms with Crippen LogP contribution in [0.25, 0.3) is 0 Å². The standard InChI is InChI=1S/C16H27N3O/c1-3-19(12-13-20)16-6-4-14(5-7-16)17-15-8-10-18(2)11-9-15/h4-7,15,17,20H,3,8-13H2,1-2H3. The molecule has 0 radical (unpaired) electrons. The summed E-state index contributed by atoms with van der Waals surface area (Å²) in [5.41, 5.74) is 2.37. The molecule has 4 heteroatoms. The fourth-order valence-corrected chi connectivity index (χ4v) is 2.75. The van der Waals surface area contributed by atoms with Crippen LogP contribution in [-0.2, 0) is 0 Å². The molecule has 1 saturated heterocycles. The van der Waals surface area contributed by atoms with Crippen molar-refractivity contribution in [2.24, 2.45) is 0 Å². The Morgan fingerprint density at radius 2 is 1.90 bits per heavy atom. The van der Waals surface area contributed by atoms with Gasteiger partial charge in [-0.05, 0) is 64.2 Å². The van der Waals surface area contributed by atoms with Gasteiger partial charge in [0.2, 0.25) is 0 Å². The largest absolute Gasteiger partial charge is 0.395 e. The van der Waals surface area contributed by atoms with E-state index in [2.05, 4.69) is 53.4 Å². The fraction of sp³-hybridized carbons (Fsp3) is 0.625. The van der Waals surface area contributed by atoms with Crippen LogP contribution in [-0.4, -0.2) is 55.9 Å². The molecule has 1 aliphatic rings. The predicted octanol–water partition coefficient (Wildman–Crippen LogP) is 2.01. The first kappa shape index (κ1) is 15.1. The van der Waals surface area contributed by atoms with E-state index in [1.54, 1.807) is 0 Å². The molecule has 0 unspecified atom stereocenters. The van der Waals surface area contributed by atoms with E-state index in [1.807, 2.05) is 0 Å². The van der Waals surface area contributed by atoms with Gasteiger partial charge in [0, 0.05) is 30.5 Å². The molecule has 0 aliphatic carbocycles. The summed E-state index contributed by atoms with van der Waals surface area (Å²) in [6.45, 7) is 6.27. The maximum atomic E-state index is 9.06. The lowest BCUT2D eigenvalue weighted by Crippen LogP contribution is -2.36. The average Bonchev–Trinajstić information content (AvgIpc) is 2.48. The molecule has 2 N–H and O–H groups in total. The normalized spacial score (nSPS) is 17.1. The number of rotatable bonds is 6. The molecule has 0 spiro atoms. The highest BCUT2D eigenvalue weighted by molar-refractivity contribution is 5.55. The molecular weight excluding hydrogens is 250 g/mol. The zero-order valence-corrected chi connectivity index (χ0v) is 12.7. The number of anilines is 2. The van der Waals surface area contributed by atoms with Gasteiger partial charge >= 0.3 is 0 Å². The van der Waals surface area contributed by atoms with E-state index >= 15 is 0 Å². The van der Waals surface area contributed by atoms with E-state index in [0.29, 0.717) is 12.6 Å². The van der Waals surface area contributed by atoms with Crippen LogP contribution in [0.2, 0.25) is 0 Å². The lowest BCUT2D eigenvalue weighted by atomic mass is 10.1. The molecule has 1 heterocycles. The summed E-state index contributed by atoms with van der Waals surface area (Å²) >= 11 is 0. The monoisotopic (exact) mass is 277 g/mol. The van der Waals surface area contributed by atoms with Crippen LogP contribution in [0.15, 0.2) is 24.3 Å². The molecule has 0 atom stereocenters. The van der Waals surface area contributed by atoms with Crippen molar-refractivity contribution >= 4 is 11.4 Å². The minimum atomic E-state index is 0.198. The van der Waals surface area contributed by atoms with Gasteiger partial charge in [0.1, 0.15) is 0 Å². The number of nitrogens with zero attached hydrogens (tertiary/aromatic N) is 2. The molecule has 4 nitrogen and oxygen atoms in total. The van der Waals surface area contributed by atoms with Crippen molar-refractivity contribution in [3.63, 3.8) is 0 Å². The van der Waals surface area contributed by atoms with Crippen LogP contribution >= 0.6 is 0 Å². The van der Waals surface area contributed by atoms with Crippen molar-refractivity contribution in [2.45, 2.75) is 25.8 Å². The molecule has 2 rings (SSSR count). The van der Waals surface area contributed by atoms with Gasteiger partial charge in [-0.1, -0.05) is 0 Å². The van der Waals surface area contributed by atoms with Crippen LogP contribution in [0.1, 0.15) is 19.8 Å². The topological polar surface area (TPSA) is 38.7 Å². The maximum absolute atomic E-state index is 9.06. The van der Waals surface area contributed by atoms with Gasteiger partial charge in [-0.2, -0.15) is 0 Å². The van der Waals surface area contributed by atoms with Crippen LogP contribution in [0.3, 0.4) is 0 Å². The van der Waals surface area contributed by atoms with E-state index in [0.717, 1.165) is 6.54 Å². The minimum Gasteiger partial charge on any atom is -0.395 e. The number of aliphatic hydroxyl groups excluding tert-OH is 1. The molecule has 112 valence electrons. The Morgan fingerprint density at radius 1 is 1.25 bits per heavy atom. The van der Waals surface area contributed by atoms with E-state index in [1.165, 1.54) is 37.3 Å². The molecule has 20 heavy (non-hydrogen) atoms. The molecule has 0 aromatic heterocycles. The van der Waals surface area contributed by atoms with Crippen LogP contribution in [0.4, 0.5) is 11.4 Å². The van der Waals surface area contributed by atoms with Crippen molar-refractivity contribution < 1.29 is 5.11 Å². The van der Waals surface area contributed by atoms with Crippen LogP contribution in [0, 0.1) is 0 Å². The summed E-state index contributed by atoms with van der Waals surface area (Å²) in [4.78, 5) is 4.56. The second-order valence-electron chi connectivity index (χ2n) is 5.57. The first-order valence-corrected chi connectivity index (χ1v) is 7.64. The molecule has 1 aromatic carbocycles. The fourth-order valence-electron chi connectivity index (χ4n) is 2.75. The Labute approximate surface area is 122 Å². The SMILES string of the molecule is CCN(CCO)c1ccc(NC2CCN(C)CC2)cc1. The molecule has 0 bridgehead atoms. The van der Waals surface area contributed by atoms with Gasteiger partial charge in [-0.15, -0.1) is 0 Å². The highest BCUT2D eigenvalue weighted by Gasteiger charge is 2.16. The summed E-state index contributed by atoms with van der Waals surface area (Å²) < 4.78 is 0. The van der Waals surface area contributed by atoms with Gasteiger partial charge in [0.15, 0.2) is 0 Å². The quantitative estimate of drug-likeness (QED) is 0.834. The highest BCUT2D eigenvalue weighted by atomic mass is 16.3. The molecule has 0 saturated carbocycles. The number of piperidine rings is 1. The van der Waals surface area contributed by atoms with Crippen molar-refractivity contribution in [3.8, 4) is 0 Å². The number of likely N-dealkylation sites (tertiary alicyclic amines) is 1. The minimum absolute atomic E-state index is 0.198. The molecule has 1 aromatic rings. The molecule has 1 fully saturated rings. The zero-order valence-electron chi connectivity index (χ0n) is 12.7. The Bertz CT molecular complexity index is 385. The maximum Gasteiger partial charge on any atom is 0.0606 e. The Balaban J connectivity index is 1.91. The smallest absolute Gasteiger partial charge is 0.0606 e. The third kappa shape index (κ3) is 4.12. The first-order chi connectivity index (χ1) is 9.72. The number of hydrogen-bond acceptors (Lipinski definition) is 4. The van der Waals surface area contributed by atoms with Crippen molar-refractivity contribution in [3.05, 3.63) is 24.3 Å². The van der Waals surface area contributed by atoms with Crippen molar-refractivity contribution in [1.29, 1.82) is 0 Å².